The highest BCUT2D eigenvalue weighted by atomic mass is 16.4. The van der Waals surface area contributed by atoms with E-state index in [1.54, 1.807) is 6.92 Å². The Morgan fingerprint density at radius 2 is 1.56 bits per heavy atom. The molecule has 0 aromatic heterocycles. The first-order chi connectivity index (χ1) is 12.9. The fourth-order valence-electron chi connectivity index (χ4n) is 3.58. The number of carbonyl (C=O) groups is 2. The lowest BCUT2D eigenvalue weighted by molar-refractivity contribution is -0.147. The molecule has 5 nitrogen and oxygen atoms in total. The largest absolute Gasteiger partial charge is 0.481 e. The Hall–Kier alpha value is -2.66. The lowest BCUT2D eigenvalue weighted by Crippen LogP contribution is -2.46. The first-order valence-corrected chi connectivity index (χ1v) is 9.28. The summed E-state index contributed by atoms with van der Waals surface area (Å²) in [5.41, 5.74) is 1.24. The lowest BCUT2D eigenvalue weighted by atomic mass is 9.90. The summed E-state index contributed by atoms with van der Waals surface area (Å²) in [7, 11) is 0. The molecule has 2 aromatic rings. The van der Waals surface area contributed by atoms with Crippen LogP contribution in [0.15, 0.2) is 60.7 Å². The monoisotopic (exact) mass is 366 g/mol. The maximum atomic E-state index is 13.0. The predicted molar refractivity (Wildman–Crippen MR) is 104 cm³/mol. The molecule has 5 heteroatoms. The van der Waals surface area contributed by atoms with Crippen LogP contribution in [0.4, 0.5) is 0 Å². The van der Waals surface area contributed by atoms with Gasteiger partial charge in [0.2, 0.25) is 5.91 Å². The number of benzene rings is 2. The SMILES string of the molecule is CC(C(=O)NC(c1ccccc1)c1ccccc1)N1CCC(C)(C(=O)O)C1. The summed E-state index contributed by atoms with van der Waals surface area (Å²) in [5.74, 6) is -0.897. The van der Waals surface area contributed by atoms with Crippen LogP contribution in [0.25, 0.3) is 0 Å². The minimum atomic E-state index is -0.802. The van der Waals surface area contributed by atoms with E-state index >= 15 is 0 Å². The molecule has 142 valence electrons. The van der Waals surface area contributed by atoms with Crippen LogP contribution in [-0.4, -0.2) is 41.0 Å². The van der Waals surface area contributed by atoms with Gasteiger partial charge < -0.3 is 10.4 Å². The molecule has 2 unspecified atom stereocenters. The number of carbonyl (C=O) groups excluding carboxylic acids is 1. The smallest absolute Gasteiger partial charge is 0.310 e. The summed E-state index contributed by atoms with van der Waals surface area (Å²) < 4.78 is 0. The third-order valence-electron chi connectivity index (χ3n) is 5.50. The number of amides is 1. The summed E-state index contributed by atoms with van der Waals surface area (Å²) in [6, 6.07) is 19.1. The normalized spacial score (nSPS) is 21.1. The van der Waals surface area contributed by atoms with E-state index in [0.717, 1.165) is 11.1 Å². The first kappa shape index (κ1) is 19.1. The van der Waals surface area contributed by atoms with E-state index in [9.17, 15) is 14.7 Å². The van der Waals surface area contributed by atoms with Gasteiger partial charge in [0.1, 0.15) is 0 Å². The van der Waals surface area contributed by atoms with E-state index in [1.165, 1.54) is 0 Å². The van der Waals surface area contributed by atoms with Crippen molar-refractivity contribution >= 4 is 11.9 Å². The van der Waals surface area contributed by atoms with Gasteiger partial charge in [-0.05, 0) is 31.4 Å². The summed E-state index contributed by atoms with van der Waals surface area (Å²) >= 11 is 0. The van der Waals surface area contributed by atoms with Gasteiger partial charge in [0.25, 0.3) is 0 Å². The maximum absolute atomic E-state index is 13.0. The Labute approximate surface area is 160 Å². The Kier molecular flexibility index (Phi) is 5.61. The minimum Gasteiger partial charge on any atom is -0.481 e. The number of likely N-dealkylation sites (tertiary alicyclic amines) is 1. The van der Waals surface area contributed by atoms with Crippen LogP contribution in [0.3, 0.4) is 0 Å². The molecule has 2 aromatic carbocycles. The van der Waals surface area contributed by atoms with Crippen molar-refractivity contribution in [3.05, 3.63) is 71.8 Å². The Morgan fingerprint density at radius 1 is 1.04 bits per heavy atom. The second-order valence-corrected chi connectivity index (χ2v) is 7.53. The fraction of sp³-hybridized carbons (Fsp3) is 0.364. The zero-order valence-electron chi connectivity index (χ0n) is 15.8. The molecule has 1 aliphatic heterocycles. The van der Waals surface area contributed by atoms with Gasteiger partial charge in [-0.15, -0.1) is 0 Å². The number of carboxylic acids is 1. The topological polar surface area (TPSA) is 69.6 Å². The molecule has 1 saturated heterocycles. The highest BCUT2D eigenvalue weighted by Gasteiger charge is 2.43. The quantitative estimate of drug-likeness (QED) is 0.824. The van der Waals surface area contributed by atoms with E-state index in [2.05, 4.69) is 5.32 Å². The highest BCUT2D eigenvalue weighted by Crippen LogP contribution is 2.31. The van der Waals surface area contributed by atoms with Gasteiger partial charge in [-0.2, -0.15) is 0 Å². The average Bonchev–Trinajstić information content (AvgIpc) is 3.10. The third kappa shape index (κ3) is 4.19. The zero-order chi connectivity index (χ0) is 19.4. The molecule has 1 fully saturated rings. The fourth-order valence-corrected chi connectivity index (χ4v) is 3.58. The molecular formula is C22H26N2O3. The first-order valence-electron chi connectivity index (χ1n) is 9.28. The Morgan fingerprint density at radius 3 is 2.00 bits per heavy atom. The van der Waals surface area contributed by atoms with Crippen LogP contribution >= 0.6 is 0 Å². The molecule has 1 amide bonds. The summed E-state index contributed by atoms with van der Waals surface area (Å²) in [6.07, 6.45) is 0.556. The van der Waals surface area contributed by atoms with Crippen molar-refractivity contribution in [2.45, 2.75) is 32.4 Å². The molecule has 1 aliphatic rings. The molecule has 0 radical (unpaired) electrons. The Balaban J connectivity index is 1.76. The number of hydrogen-bond acceptors (Lipinski definition) is 3. The van der Waals surface area contributed by atoms with Crippen LogP contribution in [0.5, 0.6) is 0 Å². The number of nitrogens with zero attached hydrogens (tertiary/aromatic N) is 1. The van der Waals surface area contributed by atoms with Gasteiger partial charge in [-0.25, -0.2) is 0 Å². The van der Waals surface area contributed by atoms with Crippen LogP contribution < -0.4 is 5.32 Å². The molecular weight excluding hydrogens is 340 g/mol. The van der Waals surface area contributed by atoms with Crippen LogP contribution in [0.2, 0.25) is 0 Å². The summed E-state index contributed by atoms with van der Waals surface area (Å²) in [6.45, 7) is 4.59. The van der Waals surface area contributed by atoms with Gasteiger partial charge >= 0.3 is 5.97 Å². The molecule has 3 rings (SSSR count). The van der Waals surface area contributed by atoms with Gasteiger partial charge in [0.05, 0.1) is 17.5 Å². The van der Waals surface area contributed by atoms with Gasteiger partial charge in [0, 0.05) is 13.1 Å². The van der Waals surface area contributed by atoms with Crippen molar-refractivity contribution in [2.24, 2.45) is 5.41 Å². The van der Waals surface area contributed by atoms with Crippen molar-refractivity contribution in [1.29, 1.82) is 0 Å². The lowest BCUT2D eigenvalue weighted by Gasteiger charge is -2.28. The molecule has 27 heavy (non-hydrogen) atoms. The number of nitrogens with one attached hydrogen (secondary N) is 1. The van der Waals surface area contributed by atoms with Crippen molar-refractivity contribution in [2.75, 3.05) is 13.1 Å². The molecule has 0 saturated carbocycles. The van der Waals surface area contributed by atoms with Crippen LogP contribution in [0.1, 0.15) is 37.4 Å². The molecule has 0 bridgehead atoms. The predicted octanol–water partition coefficient (Wildman–Crippen LogP) is 3.08. The molecule has 0 aliphatic carbocycles. The standard InChI is InChI=1S/C22H26N2O3/c1-16(24-14-13-22(2,15-24)21(26)27)20(25)23-19(17-9-5-3-6-10-17)18-11-7-4-8-12-18/h3-12,16,19H,13-15H2,1-2H3,(H,23,25)(H,26,27). The minimum absolute atomic E-state index is 0.0951. The van der Waals surface area contributed by atoms with Crippen molar-refractivity contribution in [1.82, 2.24) is 10.2 Å². The van der Waals surface area contributed by atoms with Gasteiger partial charge in [-0.3, -0.25) is 14.5 Å². The van der Waals surface area contributed by atoms with Crippen molar-refractivity contribution < 1.29 is 14.7 Å². The van der Waals surface area contributed by atoms with E-state index in [4.69, 9.17) is 0 Å². The number of carboxylic acid groups (broad SMARTS) is 1. The molecule has 2 atom stereocenters. The average molecular weight is 366 g/mol. The van der Waals surface area contributed by atoms with Crippen LogP contribution in [0, 0.1) is 5.41 Å². The van der Waals surface area contributed by atoms with Crippen molar-refractivity contribution in [3.8, 4) is 0 Å². The number of rotatable bonds is 6. The van der Waals surface area contributed by atoms with Crippen LogP contribution in [-0.2, 0) is 9.59 Å². The van der Waals surface area contributed by atoms with E-state index in [0.29, 0.717) is 19.5 Å². The second-order valence-electron chi connectivity index (χ2n) is 7.53. The number of aliphatic carboxylic acids is 1. The summed E-state index contributed by atoms with van der Waals surface area (Å²) in [4.78, 5) is 26.4. The van der Waals surface area contributed by atoms with E-state index < -0.39 is 11.4 Å². The molecule has 2 N–H and O–H groups in total. The van der Waals surface area contributed by atoms with Gasteiger partial charge in [-0.1, -0.05) is 60.7 Å². The van der Waals surface area contributed by atoms with Crippen molar-refractivity contribution in [3.63, 3.8) is 0 Å². The molecule has 0 spiro atoms. The van der Waals surface area contributed by atoms with Gasteiger partial charge in [0.15, 0.2) is 0 Å². The second kappa shape index (κ2) is 7.92. The van der Waals surface area contributed by atoms with E-state index in [-0.39, 0.29) is 18.0 Å². The molecule has 1 heterocycles. The number of hydrogen-bond donors (Lipinski definition) is 2. The summed E-state index contributed by atoms with van der Waals surface area (Å²) in [5, 5.41) is 12.6. The van der Waals surface area contributed by atoms with E-state index in [1.807, 2.05) is 72.5 Å². The zero-order valence-corrected chi connectivity index (χ0v) is 15.8. The highest BCUT2D eigenvalue weighted by molar-refractivity contribution is 5.82. The Bertz CT molecular complexity index is 754. The third-order valence-corrected chi connectivity index (χ3v) is 5.50. The maximum Gasteiger partial charge on any atom is 0.310 e.